The first-order valence-corrected chi connectivity index (χ1v) is 13.5. The van der Waals surface area contributed by atoms with Gasteiger partial charge in [0.2, 0.25) is 0 Å². The molecule has 0 spiro atoms. The largest absolute Gasteiger partial charge is 0.507 e. The number of phenols is 1. The highest BCUT2D eigenvalue weighted by Crippen LogP contribution is 2.46. The predicted molar refractivity (Wildman–Crippen MR) is 119 cm³/mol. The van der Waals surface area contributed by atoms with Gasteiger partial charge in [-0.15, -0.1) is 0 Å². The van der Waals surface area contributed by atoms with Crippen LogP contribution in [0.3, 0.4) is 0 Å². The summed E-state index contributed by atoms with van der Waals surface area (Å²) in [4.78, 5) is 15.6. The van der Waals surface area contributed by atoms with E-state index in [2.05, 4.69) is 51.8 Å². The maximum Gasteiger partial charge on any atom is 0.259 e. The lowest BCUT2D eigenvalue weighted by Gasteiger charge is -2.38. The summed E-state index contributed by atoms with van der Waals surface area (Å²) in [5, 5.41) is 12.3. The van der Waals surface area contributed by atoms with Crippen LogP contribution in [0, 0.1) is 0 Å². The first-order chi connectivity index (χ1) is 13.0. The Balaban J connectivity index is 2.01. The predicted octanol–water partition coefficient (Wildman–Crippen LogP) is 5.98. The Morgan fingerprint density at radius 1 is 1.25 bits per heavy atom. The maximum atomic E-state index is 12.7. The van der Waals surface area contributed by atoms with Crippen LogP contribution in [-0.4, -0.2) is 18.4 Å². The second-order valence-corrected chi connectivity index (χ2v) is 14.5. The van der Waals surface area contributed by atoms with Crippen molar-refractivity contribution in [1.82, 2.24) is 4.98 Å². The molecule has 2 aromatic rings. The van der Waals surface area contributed by atoms with Gasteiger partial charge >= 0.3 is 0 Å². The molecule has 0 radical (unpaired) electrons. The Kier molecular flexibility index (Phi) is 5.79. The number of aryl methyl sites for hydroxylation is 1. The molecule has 1 aliphatic rings. The quantitative estimate of drug-likeness (QED) is 0.462. The number of aromatic amines is 1. The molecule has 1 aromatic heterocycles. The van der Waals surface area contributed by atoms with Crippen molar-refractivity contribution in [2.45, 2.75) is 90.5 Å². The third-order valence-corrected chi connectivity index (χ3v) is 11.1. The van der Waals surface area contributed by atoms with E-state index in [1.165, 1.54) is 0 Å². The lowest BCUT2D eigenvalue weighted by atomic mass is 10.0. The number of hydrogen-bond acceptors (Lipinski definition) is 3. The molecule has 0 bridgehead atoms. The van der Waals surface area contributed by atoms with Crippen LogP contribution in [0.4, 0.5) is 0 Å². The van der Waals surface area contributed by atoms with Crippen molar-refractivity contribution in [3.05, 3.63) is 39.3 Å². The molecule has 1 aromatic carbocycles. The van der Waals surface area contributed by atoms with Gasteiger partial charge in [-0.2, -0.15) is 0 Å². The highest BCUT2D eigenvalue weighted by atomic mass is 28.4. The minimum absolute atomic E-state index is 0.00835. The molecule has 1 atom stereocenters. The summed E-state index contributed by atoms with van der Waals surface area (Å²) >= 11 is 0. The van der Waals surface area contributed by atoms with Crippen molar-refractivity contribution in [3.8, 4) is 5.75 Å². The zero-order chi connectivity index (χ0) is 20.7. The number of aromatic nitrogens is 1. The van der Waals surface area contributed by atoms with Gasteiger partial charge in [-0.1, -0.05) is 40.5 Å². The summed E-state index contributed by atoms with van der Waals surface area (Å²) in [7, 11) is -1.92. The van der Waals surface area contributed by atoms with E-state index >= 15 is 0 Å². The van der Waals surface area contributed by atoms with E-state index in [9.17, 15) is 9.90 Å². The smallest absolute Gasteiger partial charge is 0.259 e. The molecule has 0 fully saturated rings. The molecular weight excluding hydrogens is 366 g/mol. The van der Waals surface area contributed by atoms with E-state index in [1.54, 1.807) is 0 Å². The highest BCUT2D eigenvalue weighted by molar-refractivity contribution is 6.74. The molecule has 0 amide bonds. The van der Waals surface area contributed by atoms with Gasteiger partial charge < -0.3 is 14.5 Å². The van der Waals surface area contributed by atoms with E-state index in [-0.39, 0.29) is 22.5 Å². The lowest BCUT2D eigenvalue weighted by molar-refractivity contribution is 0.185. The fourth-order valence-corrected chi connectivity index (χ4v) is 5.18. The third-order valence-electron chi connectivity index (χ3n) is 6.60. The van der Waals surface area contributed by atoms with Gasteiger partial charge in [0, 0.05) is 11.3 Å². The molecular formula is C23H35NO3Si. The van der Waals surface area contributed by atoms with Gasteiger partial charge in [-0.3, -0.25) is 4.79 Å². The van der Waals surface area contributed by atoms with Crippen molar-refractivity contribution in [1.29, 1.82) is 0 Å². The molecule has 1 heterocycles. The van der Waals surface area contributed by atoms with Crippen molar-refractivity contribution >= 4 is 19.1 Å². The summed E-state index contributed by atoms with van der Waals surface area (Å²) < 4.78 is 6.68. The Morgan fingerprint density at radius 2 is 1.96 bits per heavy atom. The molecule has 28 heavy (non-hydrogen) atoms. The molecule has 0 saturated carbocycles. The average molecular weight is 402 g/mol. The van der Waals surface area contributed by atoms with Gasteiger partial charge in [0.15, 0.2) is 8.32 Å². The van der Waals surface area contributed by atoms with E-state index < -0.39 is 8.32 Å². The summed E-state index contributed by atoms with van der Waals surface area (Å²) in [6, 6.07) is 4.13. The number of aromatic hydroxyl groups is 1. The normalized spacial score (nSPS) is 17.3. The molecule has 0 aliphatic heterocycles. The van der Waals surface area contributed by atoms with E-state index in [1.807, 2.05) is 6.07 Å². The lowest BCUT2D eigenvalue weighted by Crippen LogP contribution is -2.41. The van der Waals surface area contributed by atoms with E-state index in [4.69, 9.17) is 4.43 Å². The van der Waals surface area contributed by atoms with E-state index in [0.717, 1.165) is 60.7 Å². The van der Waals surface area contributed by atoms with E-state index in [0.29, 0.717) is 5.39 Å². The highest BCUT2D eigenvalue weighted by Gasteiger charge is 2.41. The summed E-state index contributed by atoms with van der Waals surface area (Å²) in [6.07, 6.45) is 5.86. The monoisotopic (exact) mass is 401 g/mol. The van der Waals surface area contributed by atoms with Crippen molar-refractivity contribution < 1.29 is 9.53 Å². The number of fused-ring (bicyclic) bond motifs is 2. The van der Waals surface area contributed by atoms with Crippen LogP contribution in [0.2, 0.25) is 18.1 Å². The van der Waals surface area contributed by atoms with Crippen LogP contribution in [0.25, 0.3) is 10.8 Å². The number of unbranched alkanes of at least 4 members (excludes halogenated alkanes) is 2. The number of H-pyrrole nitrogens is 1. The van der Waals surface area contributed by atoms with Crippen LogP contribution in [0.5, 0.6) is 5.75 Å². The van der Waals surface area contributed by atoms with Gasteiger partial charge in [-0.05, 0) is 66.9 Å². The Bertz CT molecular complexity index is 924. The molecule has 3 rings (SSSR count). The van der Waals surface area contributed by atoms with Crippen LogP contribution >= 0.6 is 0 Å². The maximum absolute atomic E-state index is 12.7. The second kappa shape index (κ2) is 7.67. The molecule has 2 N–H and O–H groups in total. The number of nitrogens with one attached hydrogen (secondary N) is 1. The fourth-order valence-electron chi connectivity index (χ4n) is 3.87. The number of pyridine rings is 1. The zero-order valence-electron chi connectivity index (χ0n) is 18.2. The number of rotatable bonds is 6. The first kappa shape index (κ1) is 21.1. The van der Waals surface area contributed by atoms with Crippen molar-refractivity contribution in [2.75, 3.05) is 0 Å². The number of phenolic OH excluding ortho intramolecular Hbond substituents is 1. The average Bonchev–Trinajstić information content (AvgIpc) is 2.96. The Morgan fingerprint density at radius 3 is 2.61 bits per heavy atom. The van der Waals surface area contributed by atoms with Crippen molar-refractivity contribution in [2.24, 2.45) is 0 Å². The molecule has 1 aliphatic carbocycles. The molecule has 5 heteroatoms. The van der Waals surface area contributed by atoms with Crippen LogP contribution in [-0.2, 0) is 17.3 Å². The SMILES string of the molecule is CCCCCc1cc2cc3c(c(O)c2c(=O)[nH]1)CCC3O[Si](C)(C)C(C)(C)C. The minimum Gasteiger partial charge on any atom is -0.507 e. The van der Waals surface area contributed by atoms with Gasteiger partial charge in [-0.25, -0.2) is 0 Å². The van der Waals surface area contributed by atoms with Gasteiger partial charge in [0.25, 0.3) is 5.56 Å². The summed E-state index contributed by atoms with van der Waals surface area (Å²) in [6.45, 7) is 13.4. The third kappa shape index (κ3) is 3.92. The second-order valence-electron chi connectivity index (χ2n) is 9.74. The van der Waals surface area contributed by atoms with Gasteiger partial charge in [0.1, 0.15) is 5.75 Å². The topological polar surface area (TPSA) is 62.3 Å². The van der Waals surface area contributed by atoms with Crippen molar-refractivity contribution in [3.63, 3.8) is 0 Å². The number of benzene rings is 1. The summed E-state index contributed by atoms with van der Waals surface area (Å²) in [5.41, 5.74) is 2.73. The van der Waals surface area contributed by atoms with Crippen LogP contribution < -0.4 is 5.56 Å². The van der Waals surface area contributed by atoms with Gasteiger partial charge in [0.05, 0.1) is 11.5 Å². The fraction of sp³-hybridized carbons (Fsp3) is 0.609. The number of hydrogen-bond donors (Lipinski definition) is 2. The Labute approximate surface area is 169 Å². The zero-order valence-corrected chi connectivity index (χ0v) is 19.2. The van der Waals surface area contributed by atoms with Crippen LogP contribution in [0.15, 0.2) is 16.9 Å². The molecule has 4 nitrogen and oxygen atoms in total. The molecule has 1 unspecified atom stereocenters. The first-order valence-electron chi connectivity index (χ1n) is 10.6. The standard InChI is InChI=1S/C23H35NO3Si/c1-7-8-9-10-16-13-15-14-18-17(21(25)20(15)22(26)24-16)11-12-19(18)27-28(5,6)23(2,3)4/h13-14,19,25H,7-12H2,1-6H3,(H,24,26). The molecule has 0 saturated heterocycles. The minimum atomic E-state index is -1.92. The van der Waals surface area contributed by atoms with Crippen LogP contribution in [0.1, 0.15) is 76.3 Å². The Hall–Kier alpha value is -1.59. The summed E-state index contributed by atoms with van der Waals surface area (Å²) in [5.74, 6) is 0.148. The molecule has 154 valence electrons.